The second kappa shape index (κ2) is 12.0. The Morgan fingerprint density at radius 2 is 1.54 bits per heavy atom. The van der Waals surface area contributed by atoms with Gasteiger partial charge < -0.3 is 19.4 Å². The maximum Gasteiger partial charge on any atom is 0.167 e. The average Bonchev–Trinajstić information content (AvgIpc) is 2.69. The number of rotatable bonds is 11. The zero-order valence-electron chi connectivity index (χ0n) is 15.3. The number of aliphatic hydroxyl groups excluding tert-OH is 1. The van der Waals surface area contributed by atoms with Crippen molar-refractivity contribution in [3.05, 3.63) is 69.7 Å². The molecule has 2 rings (SSSR count). The Kier molecular flexibility index (Phi) is 9.67. The summed E-state index contributed by atoms with van der Waals surface area (Å²) in [6, 6.07) is 14.1. The summed E-state index contributed by atoms with van der Waals surface area (Å²) in [6.07, 6.45) is -3.13. The summed E-state index contributed by atoms with van der Waals surface area (Å²) in [5.74, 6) is 0. The molecule has 0 fully saturated rings. The van der Waals surface area contributed by atoms with Gasteiger partial charge in [0.2, 0.25) is 0 Å². The van der Waals surface area contributed by atoms with Crippen LogP contribution in [-0.2, 0) is 27.5 Å². The van der Waals surface area contributed by atoms with E-state index in [2.05, 4.69) is 9.99 Å². The molecule has 0 aromatic heterocycles. The summed E-state index contributed by atoms with van der Waals surface area (Å²) in [7, 11) is 1.30. The predicted molar refractivity (Wildman–Crippen MR) is 108 cm³/mol. The largest absolute Gasteiger partial charge is 0.399 e. The van der Waals surface area contributed by atoms with Crippen LogP contribution in [0.3, 0.4) is 0 Å². The van der Waals surface area contributed by atoms with Gasteiger partial charge in [0.15, 0.2) is 6.17 Å². The Labute approximate surface area is 173 Å². The molecule has 0 bridgehead atoms. The van der Waals surface area contributed by atoms with Gasteiger partial charge in [-0.15, -0.1) is 0 Å². The number of hydrogen-bond donors (Lipinski definition) is 1. The van der Waals surface area contributed by atoms with Crippen molar-refractivity contribution in [3.63, 3.8) is 0 Å². The minimum absolute atomic E-state index is 0.0946. The van der Waals surface area contributed by atoms with E-state index in [1.54, 1.807) is 36.4 Å². The van der Waals surface area contributed by atoms with Gasteiger partial charge >= 0.3 is 0 Å². The lowest BCUT2D eigenvalue weighted by molar-refractivity contribution is -0.0974. The van der Waals surface area contributed by atoms with Crippen LogP contribution in [0.4, 0.5) is 4.39 Å². The highest BCUT2D eigenvalue weighted by molar-refractivity contribution is 6.30. The van der Waals surface area contributed by atoms with Gasteiger partial charge in [0.25, 0.3) is 0 Å². The molecule has 2 aromatic carbocycles. The maximum absolute atomic E-state index is 14.5. The van der Waals surface area contributed by atoms with Crippen molar-refractivity contribution in [3.8, 4) is 0 Å². The van der Waals surface area contributed by atoms with Crippen molar-refractivity contribution in [1.29, 1.82) is 0 Å². The molecule has 152 valence electrons. The van der Waals surface area contributed by atoms with Crippen LogP contribution in [0, 0.1) is 0 Å². The standard InChI is InChI=1S/C20H22Cl2FNO4/c1-26-24-10-18(23)20(28-12-15-4-8-17(22)9-5-15)19(25)13-27-11-14-2-6-16(21)7-3-14/h2-10,18-20,25H,11-13H2,1H3/b24-10-/t18-,19-,20+/m1/s1. The van der Waals surface area contributed by atoms with E-state index in [1.165, 1.54) is 7.11 Å². The number of alkyl halides is 1. The number of aliphatic hydroxyl groups is 1. The Balaban J connectivity index is 1.93. The molecule has 5 nitrogen and oxygen atoms in total. The first kappa shape index (κ1) is 22.6. The summed E-state index contributed by atoms with van der Waals surface area (Å²) in [5.41, 5.74) is 1.67. The smallest absolute Gasteiger partial charge is 0.167 e. The first-order chi connectivity index (χ1) is 13.5. The fourth-order valence-electron chi connectivity index (χ4n) is 2.37. The SMILES string of the molecule is CO/N=C\[C@@H](F)[C@H](OCc1ccc(Cl)cc1)[C@H](O)COCc1ccc(Cl)cc1. The van der Waals surface area contributed by atoms with E-state index in [1.807, 2.05) is 12.1 Å². The maximum atomic E-state index is 14.5. The lowest BCUT2D eigenvalue weighted by atomic mass is 10.1. The second-order valence-corrected chi connectivity index (χ2v) is 6.87. The summed E-state index contributed by atoms with van der Waals surface area (Å²) in [5, 5.41) is 15.0. The number of oxime groups is 1. The predicted octanol–water partition coefficient (Wildman–Crippen LogP) is 4.43. The molecule has 8 heteroatoms. The summed E-state index contributed by atoms with van der Waals surface area (Å²) in [6.45, 7) is 0.230. The minimum Gasteiger partial charge on any atom is -0.399 e. The Morgan fingerprint density at radius 1 is 1.00 bits per heavy atom. The number of nitrogens with zero attached hydrogens (tertiary/aromatic N) is 1. The molecular formula is C20H22Cl2FNO4. The van der Waals surface area contributed by atoms with Gasteiger partial charge in [0, 0.05) is 10.0 Å². The number of ether oxygens (including phenoxy) is 2. The van der Waals surface area contributed by atoms with E-state index < -0.39 is 18.4 Å². The van der Waals surface area contributed by atoms with Crippen molar-refractivity contribution in [2.24, 2.45) is 5.16 Å². The van der Waals surface area contributed by atoms with Crippen molar-refractivity contribution < 1.29 is 23.8 Å². The zero-order chi connectivity index (χ0) is 20.4. The molecule has 0 heterocycles. The number of benzene rings is 2. The summed E-state index contributed by atoms with van der Waals surface area (Å²) < 4.78 is 25.5. The van der Waals surface area contributed by atoms with Crippen LogP contribution in [0.15, 0.2) is 53.7 Å². The molecule has 0 aliphatic carbocycles. The molecule has 2 aromatic rings. The third kappa shape index (κ3) is 7.73. The van der Waals surface area contributed by atoms with E-state index in [4.69, 9.17) is 32.7 Å². The van der Waals surface area contributed by atoms with Crippen LogP contribution in [0.5, 0.6) is 0 Å². The average molecular weight is 430 g/mol. The number of hydrogen-bond acceptors (Lipinski definition) is 5. The topological polar surface area (TPSA) is 60.3 Å². The molecule has 3 atom stereocenters. The molecule has 0 radical (unpaired) electrons. The highest BCUT2D eigenvalue weighted by Crippen LogP contribution is 2.16. The van der Waals surface area contributed by atoms with Crippen molar-refractivity contribution >= 4 is 29.4 Å². The summed E-state index contributed by atoms with van der Waals surface area (Å²) in [4.78, 5) is 4.50. The zero-order valence-corrected chi connectivity index (χ0v) is 16.8. The molecular weight excluding hydrogens is 408 g/mol. The number of halogens is 3. The highest BCUT2D eigenvalue weighted by Gasteiger charge is 2.29. The fourth-order valence-corrected chi connectivity index (χ4v) is 2.62. The lowest BCUT2D eigenvalue weighted by Crippen LogP contribution is -2.41. The van der Waals surface area contributed by atoms with E-state index in [0.29, 0.717) is 10.0 Å². The van der Waals surface area contributed by atoms with Crippen molar-refractivity contribution in [2.75, 3.05) is 13.7 Å². The minimum atomic E-state index is -1.68. The molecule has 0 aliphatic heterocycles. The Morgan fingerprint density at radius 3 is 2.07 bits per heavy atom. The quantitative estimate of drug-likeness (QED) is 0.424. The van der Waals surface area contributed by atoms with Crippen molar-refractivity contribution in [2.45, 2.75) is 31.6 Å². The Hall–Kier alpha value is -1.70. The lowest BCUT2D eigenvalue weighted by Gasteiger charge is -2.24. The normalized spacial score (nSPS) is 14.8. The van der Waals surface area contributed by atoms with Crippen molar-refractivity contribution in [1.82, 2.24) is 0 Å². The van der Waals surface area contributed by atoms with Gasteiger partial charge in [-0.1, -0.05) is 52.6 Å². The van der Waals surface area contributed by atoms with Gasteiger partial charge in [-0.2, -0.15) is 0 Å². The van der Waals surface area contributed by atoms with Gasteiger partial charge in [-0.25, -0.2) is 4.39 Å². The summed E-state index contributed by atoms with van der Waals surface area (Å²) >= 11 is 11.7. The van der Waals surface area contributed by atoms with Crippen LogP contribution < -0.4 is 0 Å². The molecule has 0 aliphatic rings. The molecule has 0 saturated carbocycles. The van der Waals surface area contributed by atoms with E-state index in [9.17, 15) is 9.50 Å². The third-order valence-corrected chi connectivity index (χ3v) is 4.33. The Bertz CT molecular complexity index is 728. The molecule has 0 unspecified atom stereocenters. The monoisotopic (exact) mass is 429 g/mol. The van der Waals surface area contributed by atoms with E-state index in [-0.39, 0.29) is 19.8 Å². The first-order valence-corrected chi connectivity index (χ1v) is 9.32. The van der Waals surface area contributed by atoms with Gasteiger partial charge in [-0.05, 0) is 35.4 Å². The molecule has 0 saturated heterocycles. The van der Waals surface area contributed by atoms with Gasteiger partial charge in [0.1, 0.15) is 19.3 Å². The highest BCUT2D eigenvalue weighted by atomic mass is 35.5. The van der Waals surface area contributed by atoms with Gasteiger partial charge in [-0.3, -0.25) is 0 Å². The molecule has 0 spiro atoms. The molecule has 28 heavy (non-hydrogen) atoms. The first-order valence-electron chi connectivity index (χ1n) is 8.56. The fraction of sp³-hybridized carbons (Fsp3) is 0.350. The molecule has 0 amide bonds. The third-order valence-electron chi connectivity index (χ3n) is 3.83. The molecule has 1 N–H and O–H groups in total. The van der Waals surface area contributed by atoms with Crippen LogP contribution in [-0.4, -0.2) is 43.4 Å². The second-order valence-electron chi connectivity index (χ2n) is 5.99. The van der Waals surface area contributed by atoms with E-state index >= 15 is 0 Å². The van der Waals surface area contributed by atoms with Crippen LogP contribution in [0.2, 0.25) is 10.0 Å². The van der Waals surface area contributed by atoms with Crippen LogP contribution in [0.25, 0.3) is 0 Å². The van der Waals surface area contributed by atoms with E-state index in [0.717, 1.165) is 17.3 Å². The van der Waals surface area contributed by atoms with Crippen LogP contribution >= 0.6 is 23.2 Å². The van der Waals surface area contributed by atoms with Crippen LogP contribution in [0.1, 0.15) is 11.1 Å². The van der Waals surface area contributed by atoms with Gasteiger partial charge in [0.05, 0.1) is 26.0 Å².